The van der Waals surface area contributed by atoms with Crippen molar-refractivity contribution in [3.8, 4) is 0 Å². The van der Waals surface area contributed by atoms with E-state index in [4.69, 9.17) is 4.74 Å². The van der Waals surface area contributed by atoms with Gasteiger partial charge in [-0.25, -0.2) is 4.79 Å². The van der Waals surface area contributed by atoms with Gasteiger partial charge in [0.2, 0.25) is 0 Å². The SMILES string of the molecule is C=C[C@@H]1CN(C(=O)OC(C)(C)C)C[C@H](C=C)N1C(C)(C)c1ccccc1. The highest BCUT2D eigenvalue weighted by Gasteiger charge is 2.43. The fourth-order valence-electron chi connectivity index (χ4n) is 3.62. The Balaban J connectivity index is 2.30. The van der Waals surface area contributed by atoms with Crippen LogP contribution in [0.5, 0.6) is 0 Å². The van der Waals surface area contributed by atoms with Gasteiger partial charge in [0.1, 0.15) is 5.60 Å². The lowest BCUT2D eigenvalue weighted by Gasteiger charge is -2.52. The lowest BCUT2D eigenvalue weighted by Crippen LogP contribution is -2.63. The number of rotatable bonds is 4. The molecule has 4 heteroatoms. The van der Waals surface area contributed by atoms with Crippen molar-refractivity contribution in [3.63, 3.8) is 0 Å². The maximum Gasteiger partial charge on any atom is 0.410 e. The van der Waals surface area contributed by atoms with Crippen LogP contribution in [-0.2, 0) is 10.3 Å². The highest BCUT2D eigenvalue weighted by Crippen LogP contribution is 2.35. The first-order valence-corrected chi connectivity index (χ1v) is 9.17. The number of piperazine rings is 1. The molecule has 0 N–H and O–H groups in total. The van der Waals surface area contributed by atoms with E-state index in [0.717, 1.165) is 0 Å². The third-order valence-electron chi connectivity index (χ3n) is 4.85. The van der Waals surface area contributed by atoms with E-state index in [9.17, 15) is 4.79 Å². The van der Waals surface area contributed by atoms with E-state index in [2.05, 4.69) is 56.2 Å². The molecule has 1 amide bonds. The van der Waals surface area contributed by atoms with Gasteiger partial charge in [-0.15, -0.1) is 13.2 Å². The van der Waals surface area contributed by atoms with Crippen LogP contribution >= 0.6 is 0 Å². The normalized spacial score (nSPS) is 22.0. The Hall–Kier alpha value is -2.07. The zero-order valence-corrected chi connectivity index (χ0v) is 16.7. The summed E-state index contributed by atoms with van der Waals surface area (Å²) in [5, 5.41) is 0. The number of hydrogen-bond acceptors (Lipinski definition) is 3. The van der Waals surface area contributed by atoms with Crippen LogP contribution in [0.4, 0.5) is 4.79 Å². The summed E-state index contributed by atoms with van der Waals surface area (Å²) in [4.78, 5) is 16.7. The summed E-state index contributed by atoms with van der Waals surface area (Å²) in [7, 11) is 0. The lowest BCUT2D eigenvalue weighted by molar-refractivity contribution is -0.0288. The Morgan fingerprint density at radius 3 is 1.96 bits per heavy atom. The van der Waals surface area contributed by atoms with Crippen molar-refractivity contribution in [1.29, 1.82) is 0 Å². The molecule has 2 atom stereocenters. The van der Waals surface area contributed by atoms with Crippen molar-refractivity contribution in [2.75, 3.05) is 13.1 Å². The summed E-state index contributed by atoms with van der Waals surface area (Å²) in [5.41, 5.74) is 0.494. The number of benzene rings is 1. The van der Waals surface area contributed by atoms with E-state index in [1.165, 1.54) is 5.56 Å². The summed E-state index contributed by atoms with van der Waals surface area (Å²) in [6, 6.07) is 10.4. The molecule has 0 saturated carbocycles. The first-order chi connectivity index (χ1) is 12.1. The van der Waals surface area contributed by atoms with Gasteiger partial charge in [0.05, 0.1) is 0 Å². The van der Waals surface area contributed by atoms with Crippen molar-refractivity contribution in [2.24, 2.45) is 0 Å². The Kier molecular flexibility index (Phi) is 5.97. The summed E-state index contributed by atoms with van der Waals surface area (Å²) in [6.45, 7) is 19.2. The minimum absolute atomic E-state index is 0.00877. The number of carbonyl (C=O) groups is 1. The van der Waals surface area contributed by atoms with E-state index in [1.807, 2.05) is 39.0 Å². The second-order valence-electron chi connectivity index (χ2n) is 8.32. The number of carbonyl (C=O) groups excluding carboxylic acids is 1. The summed E-state index contributed by atoms with van der Waals surface area (Å²) in [6.07, 6.45) is 3.54. The van der Waals surface area contributed by atoms with Gasteiger partial charge in [-0.05, 0) is 40.2 Å². The highest BCUT2D eigenvalue weighted by molar-refractivity contribution is 5.68. The number of nitrogens with zero attached hydrogens (tertiary/aromatic N) is 2. The standard InChI is InChI=1S/C22H32N2O2/c1-8-18-15-23(20(25)26-21(3,4)5)16-19(9-2)24(18)22(6,7)17-13-11-10-12-14-17/h8-14,18-19H,1-2,15-16H2,3-7H3/t18-,19+. The van der Waals surface area contributed by atoms with Crippen molar-refractivity contribution in [2.45, 2.75) is 57.8 Å². The van der Waals surface area contributed by atoms with Gasteiger partial charge < -0.3 is 9.64 Å². The molecule has 1 saturated heterocycles. The van der Waals surface area contributed by atoms with Crippen molar-refractivity contribution < 1.29 is 9.53 Å². The van der Waals surface area contributed by atoms with Gasteiger partial charge in [0.15, 0.2) is 0 Å². The Morgan fingerprint density at radius 1 is 1.04 bits per heavy atom. The third-order valence-corrected chi connectivity index (χ3v) is 4.85. The maximum absolute atomic E-state index is 12.6. The maximum atomic E-state index is 12.6. The second-order valence-corrected chi connectivity index (χ2v) is 8.32. The highest BCUT2D eigenvalue weighted by atomic mass is 16.6. The second kappa shape index (κ2) is 7.67. The number of ether oxygens (including phenoxy) is 1. The molecule has 0 bridgehead atoms. The average Bonchev–Trinajstić information content (AvgIpc) is 2.59. The molecule has 1 aliphatic rings. The van der Waals surface area contributed by atoms with Crippen LogP contribution < -0.4 is 0 Å². The van der Waals surface area contributed by atoms with Crippen LogP contribution in [-0.4, -0.2) is 46.7 Å². The van der Waals surface area contributed by atoms with Crippen LogP contribution in [0.2, 0.25) is 0 Å². The van der Waals surface area contributed by atoms with Gasteiger partial charge in [-0.3, -0.25) is 4.90 Å². The molecule has 142 valence electrons. The largest absolute Gasteiger partial charge is 0.444 e. The minimum atomic E-state index is -0.509. The van der Waals surface area contributed by atoms with Gasteiger partial charge in [0.25, 0.3) is 0 Å². The van der Waals surface area contributed by atoms with E-state index in [-0.39, 0.29) is 23.7 Å². The van der Waals surface area contributed by atoms with Crippen molar-refractivity contribution in [3.05, 3.63) is 61.2 Å². The molecular formula is C22H32N2O2. The summed E-state index contributed by atoms with van der Waals surface area (Å²) in [5.74, 6) is 0. The summed E-state index contributed by atoms with van der Waals surface area (Å²) < 4.78 is 5.57. The Morgan fingerprint density at radius 2 is 1.54 bits per heavy atom. The first-order valence-electron chi connectivity index (χ1n) is 9.17. The molecule has 4 nitrogen and oxygen atoms in total. The zero-order chi connectivity index (χ0) is 19.5. The molecular weight excluding hydrogens is 324 g/mol. The molecule has 0 radical (unpaired) electrons. The molecule has 0 aromatic heterocycles. The van der Waals surface area contributed by atoms with Crippen molar-refractivity contribution >= 4 is 6.09 Å². The average molecular weight is 357 g/mol. The molecule has 2 rings (SSSR count). The minimum Gasteiger partial charge on any atom is -0.444 e. The molecule has 1 heterocycles. The predicted molar refractivity (Wildman–Crippen MR) is 107 cm³/mol. The van der Waals surface area contributed by atoms with E-state index in [1.54, 1.807) is 4.90 Å². The molecule has 1 aromatic rings. The predicted octanol–water partition coefficient (Wildman–Crippen LogP) is 4.58. The van der Waals surface area contributed by atoms with Crippen LogP contribution in [0.15, 0.2) is 55.6 Å². The van der Waals surface area contributed by atoms with E-state index < -0.39 is 5.60 Å². The molecule has 0 unspecified atom stereocenters. The molecule has 1 aliphatic heterocycles. The lowest BCUT2D eigenvalue weighted by atomic mass is 9.87. The molecule has 0 spiro atoms. The van der Waals surface area contributed by atoms with Crippen LogP contribution in [0.1, 0.15) is 40.2 Å². The van der Waals surface area contributed by atoms with E-state index in [0.29, 0.717) is 13.1 Å². The smallest absolute Gasteiger partial charge is 0.410 e. The van der Waals surface area contributed by atoms with Crippen molar-refractivity contribution in [1.82, 2.24) is 9.80 Å². The topological polar surface area (TPSA) is 32.8 Å². The molecule has 0 aliphatic carbocycles. The fourth-order valence-corrected chi connectivity index (χ4v) is 3.62. The van der Waals surface area contributed by atoms with Gasteiger partial charge in [-0.2, -0.15) is 0 Å². The molecule has 26 heavy (non-hydrogen) atoms. The first kappa shape index (κ1) is 20.2. The quantitative estimate of drug-likeness (QED) is 0.740. The van der Waals surface area contributed by atoms with Gasteiger partial charge >= 0.3 is 6.09 Å². The van der Waals surface area contributed by atoms with Crippen LogP contribution in [0.25, 0.3) is 0 Å². The monoisotopic (exact) mass is 356 g/mol. The Labute approximate surface area is 158 Å². The van der Waals surface area contributed by atoms with Crippen LogP contribution in [0, 0.1) is 0 Å². The fraction of sp³-hybridized carbons (Fsp3) is 0.500. The number of amides is 1. The molecule has 1 fully saturated rings. The van der Waals surface area contributed by atoms with Gasteiger partial charge in [-0.1, -0.05) is 42.5 Å². The molecule has 1 aromatic carbocycles. The third kappa shape index (κ3) is 4.36. The van der Waals surface area contributed by atoms with E-state index >= 15 is 0 Å². The summed E-state index contributed by atoms with van der Waals surface area (Å²) >= 11 is 0. The Bertz CT molecular complexity index is 628. The number of hydrogen-bond donors (Lipinski definition) is 0. The van der Waals surface area contributed by atoms with Gasteiger partial charge in [0, 0.05) is 30.7 Å². The van der Waals surface area contributed by atoms with Crippen LogP contribution in [0.3, 0.4) is 0 Å². The zero-order valence-electron chi connectivity index (χ0n) is 16.7.